The first-order chi connectivity index (χ1) is 9.77. The Morgan fingerprint density at radius 3 is 2.60 bits per heavy atom. The van der Waals surface area contributed by atoms with Gasteiger partial charge in [0, 0.05) is 5.39 Å². The first-order valence-corrected chi connectivity index (χ1v) is 7.19. The maximum atomic E-state index is 10.0. The van der Waals surface area contributed by atoms with Crippen LogP contribution >= 0.6 is 0 Å². The largest absolute Gasteiger partial charge is 0.507 e. The fraction of sp³-hybridized carbons (Fsp3) is 0.412. The van der Waals surface area contributed by atoms with Crippen molar-refractivity contribution >= 4 is 10.8 Å². The van der Waals surface area contributed by atoms with E-state index in [1.165, 1.54) is 19.3 Å². The molecule has 0 aliphatic carbocycles. The molecule has 3 nitrogen and oxygen atoms in total. The summed E-state index contributed by atoms with van der Waals surface area (Å²) in [5.74, 6) is 1.68. The van der Waals surface area contributed by atoms with Crippen LogP contribution in [0.2, 0.25) is 0 Å². The predicted octanol–water partition coefficient (Wildman–Crippen LogP) is 4.51. The van der Waals surface area contributed by atoms with Crippen molar-refractivity contribution in [3.05, 3.63) is 30.3 Å². The van der Waals surface area contributed by atoms with Crippen molar-refractivity contribution in [2.45, 2.75) is 32.6 Å². The van der Waals surface area contributed by atoms with Gasteiger partial charge in [-0.3, -0.25) is 0 Å². The molecule has 0 amide bonds. The van der Waals surface area contributed by atoms with E-state index in [2.05, 4.69) is 6.92 Å². The van der Waals surface area contributed by atoms with Crippen LogP contribution in [0.25, 0.3) is 10.8 Å². The standard InChI is InChI=1S/C17H22O3/c1-3-4-5-6-12-20-15-11-10-14(18)17-13(15)8-7-9-16(17)19-2/h7-11,18H,3-6,12H2,1-2H3. The Morgan fingerprint density at radius 1 is 1.00 bits per heavy atom. The number of ether oxygens (including phenoxy) is 2. The summed E-state index contributed by atoms with van der Waals surface area (Å²) in [6.07, 6.45) is 4.71. The Balaban J connectivity index is 2.20. The number of benzene rings is 2. The van der Waals surface area contributed by atoms with Crippen molar-refractivity contribution < 1.29 is 14.6 Å². The molecule has 0 aromatic heterocycles. The topological polar surface area (TPSA) is 38.7 Å². The number of phenols is 1. The van der Waals surface area contributed by atoms with Gasteiger partial charge in [-0.15, -0.1) is 0 Å². The van der Waals surface area contributed by atoms with E-state index in [0.29, 0.717) is 17.7 Å². The molecule has 20 heavy (non-hydrogen) atoms. The van der Waals surface area contributed by atoms with E-state index in [4.69, 9.17) is 9.47 Å². The van der Waals surface area contributed by atoms with Gasteiger partial charge in [-0.2, -0.15) is 0 Å². The van der Waals surface area contributed by atoms with Gasteiger partial charge in [0.05, 0.1) is 19.1 Å². The zero-order valence-corrected chi connectivity index (χ0v) is 12.2. The minimum absolute atomic E-state index is 0.218. The Morgan fingerprint density at radius 2 is 1.85 bits per heavy atom. The molecule has 0 saturated heterocycles. The molecular formula is C17H22O3. The van der Waals surface area contributed by atoms with E-state index in [9.17, 15) is 5.11 Å². The number of methoxy groups -OCH3 is 1. The number of aromatic hydroxyl groups is 1. The lowest BCUT2D eigenvalue weighted by Crippen LogP contribution is -1.98. The Kier molecular flexibility index (Phi) is 5.10. The number of hydrogen-bond donors (Lipinski definition) is 1. The Labute approximate surface area is 120 Å². The van der Waals surface area contributed by atoms with Crippen LogP contribution < -0.4 is 9.47 Å². The fourth-order valence-electron chi connectivity index (χ4n) is 2.34. The molecule has 0 bridgehead atoms. The molecule has 2 aromatic rings. The van der Waals surface area contributed by atoms with Gasteiger partial charge in [0.1, 0.15) is 17.2 Å². The van der Waals surface area contributed by atoms with Crippen LogP contribution in [0.5, 0.6) is 17.2 Å². The molecule has 2 rings (SSSR count). The van der Waals surface area contributed by atoms with E-state index < -0.39 is 0 Å². The van der Waals surface area contributed by atoms with Crippen LogP contribution in [0.4, 0.5) is 0 Å². The first kappa shape index (κ1) is 14.5. The first-order valence-electron chi connectivity index (χ1n) is 7.19. The Hall–Kier alpha value is -1.90. The lowest BCUT2D eigenvalue weighted by molar-refractivity contribution is 0.308. The highest BCUT2D eigenvalue weighted by Crippen LogP contribution is 2.38. The van der Waals surface area contributed by atoms with Gasteiger partial charge in [0.2, 0.25) is 0 Å². The van der Waals surface area contributed by atoms with Gasteiger partial charge < -0.3 is 14.6 Å². The molecular weight excluding hydrogens is 252 g/mol. The van der Waals surface area contributed by atoms with Gasteiger partial charge >= 0.3 is 0 Å². The molecule has 3 heteroatoms. The number of unbranched alkanes of at least 4 members (excludes halogenated alkanes) is 3. The second kappa shape index (κ2) is 7.04. The van der Waals surface area contributed by atoms with Gasteiger partial charge in [-0.1, -0.05) is 38.3 Å². The highest BCUT2D eigenvalue weighted by atomic mass is 16.5. The third-order valence-electron chi connectivity index (χ3n) is 3.42. The summed E-state index contributed by atoms with van der Waals surface area (Å²) >= 11 is 0. The van der Waals surface area contributed by atoms with Crippen molar-refractivity contribution in [3.8, 4) is 17.2 Å². The molecule has 0 heterocycles. The molecule has 0 radical (unpaired) electrons. The smallest absolute Gasteiger partial charge is 0.130 e. The summed E-state index contributed by atoms with van der Waals surface area (Å²) < 4.78 is 11.2. The number of rotatable bonds is 7. The van der Waals surface area contributed by atoms with E-state index in [1.54, 1.807) is 13.2 Å². The lowest BCUT2D eigenvalue weighted by atomic mass is 10.1. The summed E-state index contributed by atoms with van der Waals surface area (Å²) in [4.78, 5) is 0. The minimum atomic E-state index is 0.218. The van der Waals surface area contributed by atoms with Crippen molar-refractivity contribution in [2.75, 3.05) is 13.7 Å². The molecule has 0 saturated carbocycles. The molecule has 0 fully saturated rings. The second-order valence-corrected chi connectivity index (χ2v) is 4.87. The number of hydrogen-bond acceptors (Lipinski definition) is 3. The average molecular weight is 274 g/mol. The highest BCUT2D eigenvalue weighted by molar-refractivity contribution is 5.97. The van der Waals surface area contributed by atoms with Gasteiger partial charge in [-0.25, -0.2) is 0 Å². The van der Waals surface area contributed by atoms with Crippen LogP contribution in [0, 0.1) is 0 Å². The van der Waals surface area contributed by atoms with E-state index in [1.807, 2.05) is 24.3 Å². The monoisotopic (exact) mass is 274 g/mol. The molecule has 108 valence electrons. The summed E-state index contributed by atoms with van der Waals surface area (Å²) in [6, 6.07) is 9.17. The summed E-state index contributed by atoms with van der Waals surface area (Å²) in [7, 11) is 1.60. The molecule has 0 aliphatic heterocycles. The molecule has 0 atom stereocenters. The Bertz CT molecular complexity index is 563. The average Bonchev–Trinajstić information content (AvgIpc) is 2.48. The normalized spacial score (nSPS) is 10.7. The second-order valence-electron chi connectivity index (χ2n) is 4.87. The number of fused-ring (bicyclic) bond motifs is 1. The van der Waals surface area contributed by atoms with Gasteiger partial charge in [-0.05, 0) is 24.6 Å². The molecule has 2 aromatic carbocycles. The minimum Gasteiger partial charge on any atom is -0.507 e. The molecule has 1 N–H and O–H groups in total. The van der Waals surface area contributed by atoms with Crippen LogP contribution in [0.15, 0.2) is 30.3 Å². The quantitative estimate of drug-likeness (QED) is 0.755. The van der Waals surface area contributed by atoms with Crippen LogP contribution in [0.1, 0.15) is 32.6 Å². The predicted molar refractivity (Wildman–Crippen MR) is 81.8 cm³/mol. The van der Waals surface area contributed by atoms with E-state index in [-0.39, 0.29) is 5.75 Å². The SMILES string of the molecule is CCCCCCOc1ccc(O)c2c(OC)cccc12. The summed E-state index contributed by atoms with van der Waals surface area (Å²) in [5.41, 5.74) is 0. The van der Waals surface area contributed by atoms with Crippen LogP contribution in [-0.2, 0) is 0 Å². The maximum absolute atomic E-state index is 10.0. The fourth-order valence-corrected chi connectivity index (χ4v) is 2.34. The zero-order valence-electron chi connectivity index (χ0n) is 12.2. The lowest BCUT2D eigenvalue weighted by Gasteiger charge is -2.12. The third kappa shape index (κ3) is 3.16. The summed E-state index contributed by atoms with van der Waals surface area (Å²) in [5, 5.41) is 11.6. The van der Waals surface area contributed by atoms with Crippen molar-refractivity contribution in [3.63, 3.8) is 0 Å². The van der Waals surface area contributed by atoms with E-state index >= 15 is 0 Å². The molecule has 0 spiro atoms. The highest BCUT2D eigenvalue weighted by Gasteiger charge is 2.10. The number of phenolic OH excluding ortho intramolecular Hbond substituents is 1. The van der Waals surface area contributed by atoms with Gasteiger partial charge in [0.15, 0.2) is 0 Å². The van der Waals surface area contributed by atoms with Crippen molar-refractivity contribution in [2.24, 2.45) is 0 Å². The summed E-state index contributed by atoms with van der Waals surface area (Å²) in [6.45, 7) is 2.90. The van der Waals surface area contributed by atoms with Crippen molar-refractivity contribution in [1.29, 1.82) is 0 Å². The van der Waals surface area contributed by atoms with E-state index in [0.717, 1.165) is 17.6 Å². The zero-order chi connectivity index (χ0) is 14.4. The maximum Gasteiger partial charge on any atom is 0.130 e. The van der Waals surface area contributed by atoms with Crippen molar-refractivity contribution in [1.82, 2.24) is 0 Å². The van der Waals surface area contributed by atoms with Crippen LogP contribution in [-0.4, -0.2) is 18.8 Å². The van der Waals surface area contributed by atoms with Gasteiger partial charge in [0.25, 0.3) is 0 Å². The van der Waals surface area contributed by atoms with Crippen LogP contribution in [0.3, 0.4) is 0 Å². The molecule has 0 aliphatic rings. The molecule has 0 unspecified atom stereocenters. The third-order valence-corrected chi connectivity index (χ3v) is 3.42.